The highest BCUT2D eigenvalue weighted by molar-refractivity contribution is 5.61. The highest BCUT2D eigenvalue weighted by atomic mass is 15.2. The van der Waals surface area contributed by atoms with Crippen molar-refractivity contribution in [1.82, 2.24) is 9.97 Å². The van der Waals surface area contributed by atoms with Crippen molar-refractivity contribution in [2.75, 3.05) is 23.3 Å². The van der Waals surface area contributed by atoms with Crippen molar-refractivity contribution in [1.29, 1.82) is 0 Å². The van der Waals surface area contributed by atoms with E-state index in [4.69, 9.17) is 4.98 Å². The Hall–Kier alpha value is -2.10. The van der Waals surface area contributed by atoms with Gasteiger partial charge in [0.05, 0.1) is 0 Å². The predicted octanol–water partition coefficient (Wildman–Crippen LogP) is 4.14. The lowest BCUT2D eigenvalue weighted by Gasteiger charge is -2.28. The van der Waals surface area contributed by atoms with Crippen LogP contribution in [0.1, 0.15) is 36.1 Å². The molecule has 3 rings (SSSR count). The molecular formula is C18H24N4. The first-order valence-electron chi connectivity index (χ1n) is 8.07. The number of anilines is 3. The fourth-order valence-corrected chi connectivity index (χ4v) is 2.90. The fraction of sp³-hybridized carbons (Fsp3) is 0.444. The number of aryl methyl sites for hydroxylation is 2. The molecule has 1 aliphatic rings. The Bertz CT molecular complexity index is 660. The second-order valence-corrected chi connectivity index (χ2v) is 6.11. The Morgan fingerprint density at radius 3 is 2.55 bits per heavy atom. The summed E-state index contributed by atoms with van der Waals surface area (Å²) in [5, 5.41) is 3.38. The third-order valence-electron chi connectivity index (χ3n) is 4.37. The minimum atomic E-state index is 0.689. The number of benzene rings is 1. The van der Waals surface area contributed by atoms with Crippen molar-refractivity contribution < 1.29 is 0 Å². The molecule has 4 nitrogen and oxygen atoms in total. The van der Waals surface area contributed by atoms with Crippen LogP contribution in [0.2, 0.25) is 0 Å². The third kappa shape index (κ3) is 3.21. The zero-order valence-electron chi connectivity index (χ0n) is 13.7. The molecule has 0 saturated carbocycles. The summed E-state index contributed by atoms with van der Waals surface area (Å²) in [7, 11) is 0. The molecule has 0 aliphatic carbocycles. The predicted molar refractivity (Wildman–Crippen MR) is 92.0 cm³/mol. The number of hydrogen-bond acceptors (Lipinski definition) is 4. The van der Waals surface area contributed by atoms with Gasteiger partial charge in [-0.25, -0.2) is 4.98 Å². The van der Waals surface area contributed by atoms with Gasteiger partial charge in [0.15, 0.2) is 0 Å². The van der Waals surface area contributed by atoms with Gasteiger partial charge in [-0.3, -0.25) is 0 Å². The number of rotatable bonds is 3. The van der Waals surface area contributed by atoms with Crippen LogP contribution >= 0.6 is 0 Å². The Morgan fingerprint density at radius 2 is 1.77 bits per heavy atom. The number of nitrogens with one attached hydrogen (secondary N) is 1. The van der Waals surface area contributed by atoms with E-state index >= 15 is 0 Å². The highest BCUT2D eigenvalue weighted by Crippen LogP contribution is 2.24. The molecule has 0 atom stereocenters. The lowest BCUT2D eigenvalue weighted by molar-refractivity contribution is 0.573. The molecule has 1 aromatic carbocycles. The molecule has 1 aliphatic heterocycles. The minimum Gasteiger partial charge on any atom is -0.356 e. The molecule has 22 heavy (non-hydrogen) atoms. The Morgan fingerprint density at radius 1 is 1.00 bits per heavy atom. The van der Waals surface area contributed by atoms with E-state index in [2.05, 4.69) is 53.3 Å². The molecule has 0 spiro atoms. The maximum atomic E-state index is 4.73. The first-order valence-corrected chi connectivity index (χ1v) is 8.07. The summed E-state index contributed by atoms with van der Waals surface area (Å²) < 4.78 is 0. The lowest BCUT2D eigenvalue weighted by Crippen LogP contribution is -2.30. The average Bonchev–Trinajstić information content (AvgIpc) is 2.52. The summed E-state index contributed by atoms with van der Waals surface area (Å²) in [4.78, 5) is 11.6. The molecule has 0 amide bonds. The summed E-state index contributed by atoms with van der Waals surface area (Å²) in [6, 6.07) is 8.34. The van der Waals surface area contributed by atoms with Crippen LogP contribution in [0.5, 0.6) is 0 Å². The average molecular weight is 296 g/mol. The van der Waals surface area contributed by atoms with E-state index in [0.717, 1.165) is 30.3 Å². The minimum absolute atomic E-state index is 0.689. The van der Waals surface area contributed by atoms with Crippen molar-refractivity contribution in [2.45, 2.75) is 40.0 Å². The topological polar surface area (TPSA) is 41.1 Å². The van der Waals surface area contributed by atoms with E-state index in [-0.39, 0.29) is 0 Å². The van der Waals surface area contributed by atoms with E-state index < -0.39 is 0 Å². The van der Waals surface area contributed by atoms with Gasteiger partial charge in [0.1, 0.15) is 5.82 Å². The van der Waals surface area contributed by atoms with Gasteiger partial charge in [0.25, 0.3) is 0 Å². The van der Waals surface area contributed by atoms with Gasteiger partial charge in [-0.2, -0.15) is 4.98 Å². The molecule has 0 bridgehead atoms. The zero-order valence-corrected chi connectivity index (χ0v) is 13.7. The van der Waals surface area contributed by atoms with Crippen LogP contribution in [0, 0.1) is 20.8 Å². The summed E-state index contributed by atoms with van der Waals surface area (Å²) in [5.41, 5.74) is 4.60. The fourth-order valence-electron chi connectivity index (χ4n) is 2.90. The number of hydrogen-bond donors (Lipinski definition) is 1. The van der Waals surface area contributed by atoms with Crippen molar-refractivity contribution in [3.8, 4) is 0 Å². The summed E-state index contributed by atoms with van der Waals surface area (Å²) in [6.07, 6.45) is 3.83. The van der Waals surface area contributed by atoms with Crippen LogP contribution in [0.3, 0.4) is 0 Å². The van der Waals surface area contributed by atoms with Gasteiger partial charge in [-0.05, 0) is 57.2 Å². The Balaban J connectivity index is 1.87. The van der Waals surface area contributed by atoms with E-state index in [0.29, 0.717) is 5.95 Å². The van der Waals surface area contributed by atoms with Crippen LogP contribution in [-0.2, 0) is 0 Å². The third-order valence-corrected chi connectivity index (χ3v) is 4.37. The van der Waals surface area contributed by atoms with Crippen LogP contribution in [0.15, 0.2) is 24.3 Å². The van der Waals surface area contributed by atoms with Crippen molar-refractivity contribution in [3.05, 3.63) is 41.1 Å². The zero-order chi connectivity index (χ0) is 15.5. The molecule has 1 aromatic heterocycles. The molecule has 4 heteroatoms. The van der Waals surface area contributed by atoms with E-state index in [1.165, 1.54) is 30.4 Å². The molecule has 0 unspecified atom stereocenters. The molecule has 2 aromatic rings. The van der Waals surface area contributed by atoms with Gasteiger partial charge < -0.3 is 10.2 Å². The maximum absolute atomic E-state index is 4.73. The number of aromatic nitrogens is 2. The van der Waals surface area contributed by atoms with Gasteiger partial charge >= 0.3 is 0 Å². The largest absolute Gasteiger partial charge is 0.356 e. The maximum Gasteiger partial charge on any atom is 0.229 e. The molecule has 1 N–H and O–H groups in total. The normalized spacial score (nSPS) is 15.0. The van der Waals surface area contributed by atoms with E-state index in [1.807, 2.05) is 6.92 Å². The Kier molecular flexibility index (Phi) is 4.27. The summed E-state index contributed by atoms with van der Waals surface area (Å²) >= 11 is 0. The second-order valence-electron chi connectivity index (χ2n) is 6.11. The molecule has 0 radical (unpaired) electrons. The number of nitrogens with zero attached hydrogens (tertiary/aromatic N) is 3. The van der Waals surface area contributed by atoms with Crippen LogP contribution in [-0.4, -0.2) is 23.1 Å². The van der Waals surface area contributed by atoms with Crippen LogP contribution in [0.25, 0.3) is 0 Å². The van der Waals surface area contributed by atoms with Crippen molar-refractivity contribution in [3.63, 3.8) is 0 Å². The highest BCUT2D eigenvalue weighted by Gasteiger charge is 2.14. The molecular weight excluding hydrogens is 272 g/mol. The Labute approximate surface area is 132 Å². The smallest absolute Gasteiger partial charge is 0.229 e. The lowest BCUT2D eigenvalue weighted by atomic mass is 10.1. The monoisotopic (exact) mass is 296 g/mol. The van der Waals surface area contributed by atoms with Gasteiger partial charge in [-0.1, -0.05) is 12.1 Å². The van der Waals surface area contributed by atoms with Crippen LogP contribution in [0.4, 0.5) is 17.5 Å². The molecule has 116 valence electrons. The van der Waals surface area contributed by atoms with E-state index in [9.17, 15) is 0 Å². The van der Waals surface area contributed by atoms with Gasteiger partial charge in [-0.15, -0.1) is 0 Å². The SMILES string of the molecule is Cc1cc(N2CCCCC2)nc(Nc2cccc(C)c2C)n1. The molecule has 1 fully saturated rings. The van der Waals surface area contributed by atoms with E-state index in [1.54, 1.807) is 0 Å². The summed E-state index contributed by atoms with van der Waals surface area (Å²) in [6.45, 7) is 8.47. The van der Waals surface area contributed by atoms with Crippen LogP contribution < -0.4 is 10.2 Å². The quantitative estimate of drug-likeness (QED) is 0.924. The second kappa shape index (κ2) is 6.34. The van der Waals surface area contributed by atoms with Gasteiger partial charge in [0, 0.05) is 30.5 Å². The standard InChI is InChI=1S/C18H24N4/c1-13-8-7-9-16(15(13)3)20-18-19-14(2)12-17(21-18)22-10-5-4-6-11-22/h7-9,12H,4-6,10-11H2,1-3H3,(H,19,20,21). The molecule has 2 heterocycles. The first-order chi connectivity index (χ1) is 10.6. The van der Waals surface area contributed by atoms with Crippen molar-refractivity contribution >= 4 is 17.5 Å². The summed E-state index contributed by atoms with van der Waals surface area (Å²) in [5.74, 6) is 1.73. The molecule has 1 saturated heterocycles. The first kappa shape index (κ1) is 14.8. The van der Waals surface area contributed by atoms with Gasteiger partial charge in [0.2, 0.25) is 5.95 Å². The van der Waals surface area contributed by atoms with Crippen molar-refractivity contribution in [2.24, 2.45) is 0 Å². The number of piperidine rings is 1.